The predicted molar refractivity (Wildman–Crippen MR) is 106 cm³/mol. The number of rotatable bonds is 7. The van der Waals surface area contributed by atoms with Crippen molar-refractivity contribution in [2.75, 3.05) is 0 Å². The number of aryl methyl sites for hydroxylation is 1. The van der Waals surface area contributed by atoms with Gasteiger partial charge < -0.3 is 15.0 Å². The molecule has 0 saturated carbocycles. The maximum atomic E-state index is 12.4. The molecular formula is C22H24N2O3. The molecule has 0 aliphatic carbocycles. The van der Waals surface area contributed by atoms with Crippen molar-refractivity contribution in [1.29, 1.82) is 0 Å². The number of amides is 1. The number of fused-ring (bicyclic) bond motifs is 1. The first-order chi connectivity index (χ1) is 13.0. The standard InChI is InChI=1S/C22H24N2O3/c1-15(12-13-17-8-4-3-5-9-17)24-21(25)16(2)27-22(26)19-14-23-20-11-7-6-10-18(19)20/h3-11,14-16,23H,12-13H2,1-2H3,(H,24,25)/t15-,16-/m1/s1. The van der Waals surface area contributed by atoms with Gasteiger partial charge in [0.05, 0.1) is 5.56 Å². The maximum Gasteiger partial charge on any atom is 0.341 e. The van der Waals surface area contributed by atoms with E-state index in [1.165, 1.54) is 5.56 Å². The zero-order chi connectivity index (χ0) is 19.2. The minimum atomic E-state index is -0.856. The molecule has 0 saturated heterocycles. The summed E-state index contributed by atoms with van der Waals surface area (Å²) in [6.07, 6.45) is 2.45. The molecule has 1 heterocycles. The zero-order valence-electron chi connectivity index (χ0n) is 15.6. The van der Waals surface area contributed by atoms with Crippen LogP contribution in [0.5, 0.6) is 0 Å². The number of aromatic nitrogens is 1. The van der Waals surface area contributed by atoms with Crippen molar-refractivity contribution in [1.82, 2.24) is 10.3 Å². The fraction of sp³-hybridized carbons (Fsp3) is 0.273. The maximum absolute atomic E-state index is 12.4. The number of aromatic amines is 1. The molecule has 5 heteroatoms. The van der Waals surface area contributed by atoms with E-state index in [0.29, 0.717) is 5.56 Å². The highest BCUT2D eigenvalue weighted by Gasteiger charge is 2.22. The molecule has 0 spiro atoms. The summed E-state index contributed by atoms with van der Waals surface area (Å²) in [4.78, 5) is 27.8. The third kappa shape index (κ3) is 4.76. The van der Waals surface area contributed by atoms with Crippen molar-refractivity contribution >= 4 is 22.8 Å². The number of hydrogen-bond donors (Lipinski definition) is 2. The number of ether oxygens (including phenoxy) is 1. The molecule has 3 rings (SSSR count). The Hall–Kier alpha value is -3.08. The van der Waals surface area contributed by atoms with E-state index in [9.17, 15) is 9.59 Å². The molecule has 2 aromatic carbocycles. The summed E-state index contributed by atoms with van der Waals surface area (Å²) in [5.41, 5.74) is 2.52. The fourth-order valence-corrected chi connectivity index (χ4v) is 2.98. The summed E-state index contributed by atoms with van der Waals surface area (Å²) in [5.74, 6) is -0.796. The van der Waals surface area contributed by atoms with Gasteiger partial charge in [-0.05, 0) is 38.3 Å². The van der Waals surface area contributed by atoms with Gasteiger partial charge in [-0.25, -0.2) is 4.79 Å². The number of H-pyrrole nitrogens is 1. The van der Waals surface area contributed by atoms with Gasteiger partial charge in [0.15, 0.2) is 6.10 Å². The highest BCUT2D eigenvalue weighted by Crippen LogP contribution is 2.19. The van der Waals surface area contributed by atoms with E-state index in [2.05, 4.69) is 22.4 Å². The molecular weight excluding hydrogens is 340 g/mol. The van der Waals surface area contributed by atoms with Crippen molar-refractivity contribution in [3.8, 4) is 0 Å². The minimum Gasteiger partial charge on any atom is -0.449 e. The van der Waals surface area contributed by atoms with Crippen LogP contribution in [0.1, 0.15) is 36.2 Å². The molecule has 0 aliphatic rings. The SMILES string of the molecule is C[C@H](CCc1ccccc1)NC(=O)[C@@H](C)OC(=O)c1c[nH]c2ccccc12. The van der Waals surface area contributed by atoms with Crippen molar-refractivity contribution in [2.45, 2.75) is 38.8 Å². The molecule has 2 atom stereocenters. The van der Waals surface area contributed by atoms with Gasteiger partial charge in [0.2, 0.25) is 0 Å². The van der Waals surface area contributed by atoms with Crippen LogP contribution in [-0.2, 0) is 16.0 Å². The zero-order valence-corrected chi connectivity index (χ0v) is 15.6. The lowest BCUT2D eigenvalue weighted by Gasteiger charge is -2.18. The molecule has 0 bridgehead atoms. The summed E-state index contributed by atoms with van der Waals surface area (Å²) >= 11 is 0. The minimum absolute atomic E-state index is 0.00746. The van der Waals surface area contributed by atoms with Gasteiger partial charge in [0, 0.05) is 23.1 Å². The summed E-state index contributed by atoms with van der Waals surface area (Å²) in [6, 6.07) is 17.6. The van der Waals surface area contributed by atoms with E-state index in [4.69, 9.17) is 4.74 Å². The van der Waals surface area contributed by atoms with Gasteiger partial charge in [-0.3, -0.25) is 4.79 Å². The summed E-state index contributed by atoms with van der Waals surface area (Å²) in [7, 11) is 0. The van der Waals surface area contributed by atoms with Gasteiger partial charge in [0.25, 0.3) is 5.91 Å². The second-order valence-electron chi connectivity index (χ2n) is 6.73. The highest BCUT2D eigenvalue weighted by atomic mass is 16.5. The van der Waals surface area contributed by atoms with Gasteiger partial charge in [-0.15, -0.1) is 0 Å². The molecule has 5 nitrogen and oxygen atoms in total. The fourth-order valence-electron chi connectivity index (χ4n) is 2.98. The molecule has 0 fully saturated rings. The van der Waals surface area contributed by atoms with Crippen molar-refractivity contribution in [3.63, 3.8) is 0 Å². The molecule has 0 radical (unpaired) electrons. The molecule has 0 unspecified atom stereocenters. The number of hydrogen-bond acceptors (Lipinski definition) is 3. The Labute approximate surface area is 158 Å². The number of esters is 1. The Morgan fingerprint density at radius 1 is 1.04 bits per heavy atom. The van der Waals surface area contributed by atoms with E-state index < -0.39 is 12.1 Å². The van der Waals surface area contributed by atoms with Crippen LogP contribution in [0.3, 0.4) is 0 Å². The highest BCUT2D eigenvalue weighted by molar-refractivity contribution is 6.04. The average Bonchev–Trinajstić information content (AvgIpc) is 3.11. The lowest BCUT2D eigenvalue weighted by molar-refractivity contribution is -0.129. The van der Waals surface area contributed by atoms with Gasteiger partial charge in [0.1, 0.15) is 0 Å². The first-order valence-electron chi connectivity index (χ1n) is 9.16. The normalized spacial score (nSPS) is 13.1. The van der Waals surface area contributed by atoms with E-state index in [1.807, 2.05) is 49.4 Å². The van der Waals surface area contributed by atoms with Crippen LogP contribution in [-0.4, -0.2) is 29.0 Å². The third-order valence-corrected chi connectivity index (χ3v) is 4.56. The van der Waals surface area contributed by atoms with Gasteiger partial charge in [-0.1, -0.05) is 48.5 Å². The van der Waals surface area contributed by atoms with Crippen LogP contribution in [0.15, 0.2) is 60.8 Å². The third-order valence-electron chi connectivity index (χ3n) is 4.56. The van der Waals surface area contributed by atoms with Crippen LogP contribution in [0.4, 0.5) is 0 Å². The first kappa shape index (κ1) is 18.7. The Kier molecular flexibility index (Phi) is 5.91. The number of benzene rings is 2. The van der Waals surface area contributed by atoms with Crippen LogP contribution in [0.25, 0.3) is 10.9 Å². The predicted octanol–water partition coefficient (Wildman–Crippen LogP) is 3.85. The number of carbonyl (C=O) groups excluding carboxylic acids is 2. The number of nitrogens with one attached hydrogen (secondary N) is 2. The first-order valence-corrected chi connectivity index (χ1v) is 9.16. The Bertz CT molecular complexity index is 917. The quantitative estimate of drug-likeness (QED) is 0.626. The molecule has 140 valence electrons. The second-order valence-corrected chi connectivity index (χ2v) is 6.73. The van der Waals surface area contributed by atoms with Crippen molar-refractivity contribution in [2.24, 2.45) is 0 Å². The summed E-state index contributed by atoms with van der Waals surface area (Å²) < 4.78 is 5.36. The number of para-hydroxylation sites is 1. The molecule has 27 heavy (non-hydrogen) atoms. The molecule has 3 aromatic rings. The average molecular weight is 364 g/mol. The molecule has 1 aromatic heterocycles. The number of carbonyl (C=O) groups is 2. The lowest BCUT2D eigenvalue weighted by Crippen LogP contribution is -2.41. The van der Waals surface area contributed by atoms with Crippen LogP contribution >= 0.6 is 0 Å². The van der Waals surface area contributed by atoms with E-state index >= 15 is 0 Å². The Morgan fingerprint density at radius 2 is 1.74 bits per heavy atom. The van der Waals surface area contributed by atoms with Gasteiger partial charge in [-0.2, -0.15) is 0 Å². The van der Waals surface area contributed by atoms with Crippen molar-refractivity contribution < 1.29 is 14.3 Å². The molecule has 1 amide bonds. The summed E-state index contributed by atoms with van der Waals surface area (Å²) in [6.45, 7) is 3.54. The molecule has 0 aliphatic heterocycles. The van der Waals surface area contributed by atoms with E-state index in [1.54, 1.807) is 13.1 Å². The van der Waals surface area contributed by atoms with Crippen molar-refractivity contribution in [3.05, 3.63) is 71.9 Å². The summed E-state index contributed by atoms with van der Waals surface area (Å²) in [5, 5.41) is 3.70. The van der Waals surface area contributed by atoms with E-state index in [-0.39, 0.29) is 11.9 Å². The van der Waals surface area contributed by atoms with Crippen LogP contribution in [0.2, 0.25) is 0 Å². The largest absolute Gasteiger partial charge is 0.449 e. The smallest absolute Gasteiger partial charge is 0.341 e. The van der Waals surface area contributed by atoms with E-state index in [0.717, 1.165) is 23.7 Å². The van der Waals surface area contributed by atoms with Gasteiger partial charge >= 0.3 is 5.97 Å². The Balaban J connectivity index is 1.51. The molecule has 2 N–H and O–H groups in total. The van der Waals surface area contributed by atoms with Crippen LogP contribution < -0.4 is 5.32 Å². The topological polar surface area (TPSA) is 71.2 Å². The monoisotopic (exact) mass is 364 g/mol. The van der Waals surface area contributed by atoms with Crippen LogP contribution in [0, 0.1) is 0 Å². The second kappa shape index (κ2) is 8.54. The lowest BCUT2D eigenvalue weighted by atomic mass is 10.1. The Morgan fingerprint density at radius 3 is 2.52 bits per heavy atom.